The van der Waals surface area contributed by atoms with Crippen LogP contribution in [0.2, 0.25) is 0 Å². The topological polar surface area (TPSA) is 54.4 Å². The van der Waals surface area contributed by atoms with Gasteiger partial charge in [-0.2, -0.15) is 8.42 Å². The molecule has 0 bridgehead atoms. The first-order valence-corrected chi connectivity index (χ1v) is 2.77. The molecule has 45 valence electrons. The fourth-order valence-corrected chi connectivity index (χ4v) is 0. The number of hydrogen-bond donors (Lipinski definition) is 1. The first-order chi connectivity index (χ1) is 2.00. The van der Waals surface area contributed by atoms with Gasteiger partial charge in [-0.05, 0) is 0 Å². The SMILES string of the molecule is CS(=O)(=O)O.[F].[InH3]. The van der Waals surface area contributed by atoms with E-state index in [9.17, 15) is 8.42 Å². The summed E-state index contributed by atoms with van der Waals surface area (Å²) in [4.78, 5) is 0. The standard InChI is InChI=1S/CH4O3S.F.In.3H/c1-5(2,3)4;;;;;/h1H3,(H,2,3,4);;;;;. The molecule has 1 N–H and O–H groups in total. The molecule has 0 aliphatic heterocycles. The monoisotopic (exact) mass is 233 g/mol. The van der Waals surface area contributed by atoms with E-state index in [1.165, 1.54) is 0 Å². The van der Waals surface area contributed by atoms with Crippen LogP contribution in [0.5, 0.6) is 0 Å². The predicted molar refractivity (Wildman–Crippen MR) is 28.5 cm³/mol. The van der Waals surface area contributed by atoms with Crippen molar-refractivity contribution in [1.29, 1.82) is 0 Å². The van der Waals surface area contributed by atoms with Crippen molar-refractivity contribution < 1.29 is 17.7 Å². The van der Waals surface area contributed by atoms with Gasteiger partial charge in [-0.1, -0.05) is 0 Å². The normalized spacial score (nSPS) is 8.29. The van der Waals surface area contributed by atoms with Gasteiger partial charge in [-0.15, -0.1) is 0 Å². The van der Waals surface area contributed by atoms with Crippen LogP contribution in [0.1, 0.15) is 0 Å². The van der Waals surface area contributed by atoms with Crippen LogP contribution in [0.4, 0.5) is 4.70 Å². The van der Waals surface area contributed by atoms with Gasteiger partial charge in [0.1, 0.15) is 0 Å². The molecule has 0 saturated carbocycles. The van der Waals surface area contributed by atoms with E-state index >= 15 is 0 Å². The van der Waals surface area contributed by atoms with Crippen LogP contribution in [0, 0.1) is 0 Å². The second kappa shape index (κ2) is 4.86. The molecular weight excluding hydrogens is 226 g/mol. The minimum atomic E-state index is -3.67. The third-order valence-electron chi connectivity index (χ3n) is 0. The summed E-state index contributed by atoms with van der Waals surface area (Å²) in [7, 11) is -3.67. The average Bonchev–Trinajstić information content (AvgIpc) is 0.722. The predicted octanol–water partition coefficient (Wildman–Crippen LogP) is -1.26. The van der Waals surface area contributed by atoms with E-state index in [1.54, 1.807) is 0 Å². The van der Waals surface area contributed by atoms with Gasteiger partial charge >= 0.3 is 25.8 Å². The zero-order chi connectivity index (χ0) is 4.50. The second-order valence-corrected chi connectivity index (χ2v) is 2.20. The second-order valence-electron chi connectivity index (χ2n) is 0.733. The van der Waals surface area contributed by atoms with Gasteiger partial charge in [0, 0.05) is 4.70 Å². The Morgan fingerprint density at radius 3 is 1.43 bits per heavy atom. The van der Waals surface area contributed by atoms with E-state index < -0.39 is 10.1 Å². The number of hydrogen-bond acceptors (Lipinski definition) is 2. The van der Waals surface area contributed by atoms with Crippen LogP contribution >= 0.6 is 0 Å². The molecule has 0 aromatic heterocycles. The van der Waals surface area contributed by atoms with Gasteiger partial charge in [-0.25, -0.2) is 0 Å². The molecular formula is CH7FInO3S. The zero-order valence-electron chi connectivity index (χ0n) is 3.05. The molecule has 0 saturated heterocycles. The molecule has 0 aliphatic rings. The molecule has 7 heavy (non-hydrogen) atoms. The van der Waals surface area contributed by atoms with Gasteiger partial charge in [0.2, 0.25) is 0 Å². The Morgan fingerprint density at radius 1 is 1.43 bits per heavy atom. The van der Waals surface area contributed by atoms with Crippen molar-refractivity contribution >= 4 is 36.0 Å². The molecule has 3 nitrogen and oxygen atoms in total. The molecule has 0 rings (SSSR count). The number of rotatable bonds is 0. The quantitative estimate of drug-likeness (QED) is 0.531. The first kappa shape index (κ1) is 15.6. The molecule has 0 aliphatic carbocycles. The van der Waals surface area contributed by atoms with Crippen LogP contribution in [-0.2, 0) is 10.1 Å². The number of halogens is 1. The van der Waals surface area contributed by atoms with Crippen molar-refractivity contribution in [2.24, 2.45) is 0 Å². The van der Waals surface area contributed by atoms with Crippen LogP contribution < -0.4 is 0 Å². The van der Waals surface area contributed by atoms with Crippen molar-refractivity contribution in [3.05, 3.63) is 0 Å². The van der Waals surface area contributed by atoms with Crippen molar-refractivity contribution in [3.63, 3.8) is 0 Å². The Hall–Kier alpha value is 0.710. The van der Waals surface area contributed by atoms with Crippen molar-refractivity contribution in [1.82, 2.24) is 0 Å². The third kappa shape index (κ3) is 295. The molecule has 0 atom stereocenters. The maximum absolute atomic E-state index is 9.19. The van der Waals surface area contributed by atoms with E-state index in [0.29, 0.717) is 6.26 Å². The molecule has 0 unspecified atom stereocenters. The molecule has 6 heteroatoms. The Morgan fingerprint density at radius 2 is 1.43 bits per heavy atom. The molecule has 0 spiro atoms. The minimum absolute atomic E-state index is 0. The van der Waals surface area contributed by atoms with E-state index in [4.69, 9.17) is 4.55 Å². The molecule has 0 fully saturated rings. The first-order valence-electron chi connectivity index (χ1n) is 0.924. The zero-order valence-corrected chi connectivity index (χ0v) is 3.87. The van der Waals surface area contributed by atoms with E-state index in [2.05, 4.69) is 0 Å². The van der Waals surface area contributed by atoms with E-state index in [0.717, 1.165) is 0 Å². The molecule has 0 heterocycles. The van der Waals surface area contributed by atoms with Gasteiger partial charge < -0.3 is 0 Å². The average molecular weight is 233 g/mol. The van der Waals surface area contributed by atoms with Gasteiger partial charge in [0.05, 0.1) is 6.26 Å². The third-order valence-corrected chi connectivity index (χ3v) is 0. The van der Waals surface area contributed by atoms with E-state index in [-0.39, 0.29) is 30.5 Å². The molecule has 0 aromatic carbocycles. The Bertz CT molecular complexity index is 98.1. The maximum atomic E-state index is 9.19. The van der Waals surface area contributed by atoms with Crippen molar-refractivity contribution in [3.8, 4) is 0 Å². The van der Waals surface area contributed by atoms with Gasteiger partial charge in [-0.3, -0.25) is 4.55 Å². The van der Waals surface area contributed by atoms with E-state index in [1.807, 2.05) is 0 Å². The summed E-state index contributed by atoms with van der Waals surface area (Å²) in [6.07, 6.45) is 0.715. The molecule has 1 radical (unpaired) electrons. The Labute approximate surface area is 60.0 Å². The molecule has 0 amide bonds. The van der Waals surface area contributed by atoms with Crippen LogP contribution in [0.3, 0.4) is 0 Å². The van der Waals surface area contributed by atoms with Crippen LogP contribution in [0.25, 0.3) is 0 Å². The van der Waals surface area contributed by atoms with Crippen molar-refractivity contribution in [2.75, 3.05) is 6.26 Å². The fourth-order valence-electron chi connectivity index (χ4n) is 0. The summed E-state index contributed by atoms with van der Waals surface area (Å²) in [6.45, 7) is 0. The Kier molecular flexibility index (Phi) is 10.9. The fraction of sp³-hybridized carbons (Fsp3) is 1.00. The summed E-state index contributed by atoms with van der Waals surface area (Å²) in [5, 5.41) is 0. The summed E-state index contributed by atoms with van der Waals surface area (Å²) >= 11 is 0. The van der Waals surface area contributed by atoms with Crippen molar-refractivity contribution in [2.45, 2.75) is 0 Å². The van der Waals surface area contributed by atoms with Gasteiger partial charge in [0.15, 0.2) is 0 Å². The Balaban J connectivity index is -0.0000000800. The van der Waals surface area contributed by atoms with Crippen LogP contribution in [0.15, 0.2) is 0 Å². The summed E-state index contributed by atoms with van der Waals surface area (Å²) in [6, 6.07) is 0. The van der Waals surface area contributed by atoms with Gasteiger partial charge in [0.25, 0.3) is 10.1 Å². The molecule has 0 aromatic rings. The summed E-state index contributed by atoms with van der Waals surface area (Å²) < 4.78 is 25.9. The van der Waals surface area contributed by atoms with Crippen LogP contribution in [-0.4, -0.2) is 45.1 Å². The summed E-state index contributed by atoms with van der Waals surface area (Å²) in [5.41, 5.74) is 0. The summed E-state index contributed by atoms with van der Waals surface area (Å²) in [5.74, 6) is 0.